The van der Waals surface area contributed by atoms with Gasteiger partial charge in [0.2, 0.25) is 0 Å². The fourth-order valence-electron chi connectivity index (χ4n) is 2.52. The minimum absolute atomic E-state index is 0.167. The molecule has 1 N–H and O–H groups in total. The largest absolute Gasteiger partial charge is 0.386 e. The third kappa shape index (κ3) is 4.55. The Kier molecular flexibility index (Phi) is 5.73. The van der Waals surface area contributed by atoms with E-state index in [1.165, 1.54) is 0 Å². The van der Waals surface area contributed by atoms with Crippen LogP contribution in [0.4, 0.5) is 0 Å². The molecule has 0 aromatic rings. The lowest BCUT2D eigenvalue weighted by molar-refractivity contribution is -0.160. The van der Waals surface area contributed by atoms with E-state index in [1.807, 2.05) is 0 Å². The highest BCUT2D eigenvalue weighted by Gasteiger charge is 2.46. The predicted molar refractivity (Wildman–Crippen MR) is 88.3 cm³/mol. The highest BCUT2D eigenvalue weighted by Crippen LogP contribution is 2.43. The molecule has 0 saturated carbocycles. The molecule has 2 nitrogen and oxygen atoms in total. The molecule has 1 unspecified atom stereocenters. The molecule has 1 heterocycles. The number of aliphatic hydroxyl groups is 1. The molecular formula is C15H26Br2O2. The first kappa shape index (κ1) is 17.7. The van der Waals surface area contributed by atoms with Crippen LogP contribution in [0.5, 0.6) is 0 Å². The van der Waals surface area contributed by atoms with E-state index < -0.39 is 5.60 Å². The molecule has 0 bridgehead atoms. The maximum atomic E-state index is 10.0. The molecule has 1 rings (SSSR count). The smallest absolute Gasteiger partial charge is 0.0797 e. The third-order valence-electron chi connectivity index (χ3n) is 4.15. The maximum absolute atomic E-state index is 10.0. The molecular weight excluding hydrogens is 372 g/mol. The molecule has 19 heavy (non-hydrogen) atoms. The van der Waals surface area contributed by atoms with Gasteiger partial charge in [-0.25, -0.2) is 0 Å². The molecule has 4 heteroatoms. The van der Waals surface area contributed by atoms with Crippen molar-refractivity contribution in [2.75, 3.05) is 0 Å². The Hall–Kier alpha value is 0.620. The van der Waals surface area contributed by atoms with Gasteiger partial charge in [0.25, 0.3) is 0 Å². The van der Waals surface area contributed by atoms with Crippen molar-refractivity contribution >= 4 is 31.9 Å². The highest BCUT2D eigenvalue weighted by atomic mass is 79.9. The van der Waals surface area contributed by atoms with Crippen molar-refractivity contribution in [3.63, 3.8) is 0 Å². The fraction of sp³-hybridized carbons (Fsp3) is 0.867. The Morgan fingerprint density at radius 3 is 2.58 bits per heavy atom. The van der Waals surface area contributed by atoms with Crippen LogP contribution >= 0.6 is 31.9 Å². The van der Waals surface area contributed by atoms with E-state index in [0.29, 0.717) is 11.2 Å². The van der Waals surface area contributed by atoms with Crippen molar-refractivity contribution in [3.8, 4) is 0 Å². The molecule has 0 amide bonds. The molecule has 0 aliphatic carbocycles. The van der Waals surface area contributed by atoms with Gasteiger partial charge in [-0.05, 0) is 53.4 Å². The SMILES string of the molecule is C=C[C@@](C)(O)CC[C@H](Br)C1(C)CC[C@H](Br)C(C)(C)O1. The van der Waals surface area contributed by atoms with Crippen LogP contribution in [-0.4, -0.2) is 31.6 Å². The van der Waals surface area contributed by atoms with Gasteiger partial charge in [0.15, 0.2) is 0 Å². The summed E-state index contributed by atoms with van der Waals surface area (Å²) in [7, 11) is 0. The second kappa shape index (κ2) is 6.17. The van der Waals surface area contributed by atoms with Crippen molar-refractivity contribution in [2.24, 2.45) is 0 Å². The Balaban J connectivity index is 2.65. The van der Waals surface area contributed by atoms with Gasteiger partial charge in [0.05, 0.1) is 16.8 Å². The summed E-state index contributed by atoms with van der Waals surface area (Å²) in [5, 5.41) is 10.0. The molecule has 4 atom stereocenters. The van der Waals surface area contributed by atoms with Crippen LogP contribution in [-0.2, 0) is 4.74 Å². The van der Waals surface area contributed by atoms with Gasteiger partial charge in [-0.15, -0.1) is 6.58 Å². The minimum Gasteiger partial charge on any atom is -0.386 e. The molecule has 0 radical (unpaired) electrons. The summed E-state index contributed by atoms with van der Waals surface area (Å²) in [5.74, 6) is 0. The normalized spacial score (nSPS) is 35.4. The van der Waals surface area contributed by atoms with E-state index in [9.17, 15) is 5.11 Å². The second-order valence-corrected chi connectivity index (χ2v) is 8.80. The van der Waals surface area contributed by atoms with E-state index in [4.69, 9.17) is 4.74 Å². The van der Waals surface area contributed by atoms with Crippen LogP contribution in [0.2, 0.25) is 0 Å². The zero-order chi connectivity index (χ0) is 14.9. The molecule has 0 spiro atoms. The average Bonchev–Trinajstić information content (AvgIpc) is 2.31. The van der Waals surface area contributed by atoms with Gasteiger partial charge in [-0.3, -0.25) is 0 Å². The summed E-state index contributed by atoms with van der Waals surface area (Å²) in [4.78, 5) is 0.620. The number of halogens is 2. The van der Waals surface area contributed by atoms with Gasteiger partial charge >= 0.3 is 0 Å². The summed E-state index contributed by atoms with van der Waals surface area (Å²) in [6, 6.07) is 0. The van der Waals surface area contributed by atoms with Crippen LogP contribution in [0.25, 0.3) is 0 Å². The molecule has 1 aliphatic rings. The lowest BCUT2D eigenvalue weighted by atomic mass is 9.83. The summed E-state index contributed by atoms with van der Waals surface area (Å²) in [5.41, 5.74) is -1.16. The molecule has 1 aliphatic heterocycles. The third-order valence-corrected chi connectivity index (χ3v) is 7.14. The molecule has 0 aromatic heterocycles. The monoisotopic (exact) mass is 396 g/mol. The van der Waals surface area contributed by atoms with Crippen LogP contribution in [0.1, 0.15) is 53.4 Å². The van der Waals surface area contributed by atoms with E-state index in [-0.39, 0.29) is 16.0 Å². The molecule has 0 aromatic carbocycles. The summed E-state index contributed by atoms with van der Waals surface area (Å²) >= 11 is 7.46. The van der Waals surface area contributed by atoms with Crippen molar-refractivity contribution in [2.45, 2.75) is 79.8 Å². The summed E-state index contributed by atoms with van der Waals surface area (Å²) in [6.45, 7) is 11.9. The first-order chi connectivity index (χ1) is 8.52. The number of alkyl halides is 2. The standard InChI is InChI=1S/C15H26Br2O2/c1-6-14(4,18)9-7-12(17)15(5)10-8-11(16)13(2,3)19-15/h6,11-12,18H,1,7-10H2,2-5H3/t11-,12-,14+,15?/m0/s1. The topological polar surface area (TPSA) is 29.5 Å². The van der Waals surface area contributed by atoms with Crippen molar-refractivity contribution < 1.29 is 9.84 Å². The Labute approximate surface area is 134 Å². The predicted octanol–water partition coefficient (Wildman–Crippen LogP) is 4.58. The quantitative estimate of drug-likeness (QED) is 0.543. The van der Waals surface area contributed by atoms with Crippen molar-refractivity contribution in [1.29, 1.82) is 0 Å². The first-order valence-electron chi connectivity index (χ1n) is 6.87. The zero-order valence-corrected chi connectivity index (χ0v) is 15.6. The van der Waals surface area contributed by atoms with Gasteiger partial charge < -0.3 is 9.84 Å². The molecule has 112 valence electrons. The van der Waals surface area contributed by atoms with Gasteiger partial charge in [0.1, 0.15) is 0 Å². The average molecular weight is 398 g/mol. The number of hydrogen-bond donors (Lipinski definition) is 1. The Bertz CT molecular complexity index is 328. The molecule has 1 fully saturated rings. The maximum Gasteiger partial charge on any atom is 0.0797 e. The number of rotatable bonds is 5. The summed E-state index contributed by atoms with van der Waals surface area (Å²) < 4.78 is 6.33. The highest BCUT2D eigenvalue weighted by molar-refractivity contribution is 9.09. The van der Waals surface area contributed by atoms with Gasteiger partial charge in [0, 0.05) is 9.65 Å². The van der Waals surface area contributed by atoms with E-state index in [2.05, 4.69) is 59.2 Å². The number of hydrogen-bond acceptors (Lipinski definition) is 2. The minimum atomic E-state index is -0.801. The van der Waals surface area contributed by atoms with Crippen LogP contribution in [0.3, 0.4) is 0 Å². The van der Waals surface area contributed by atoms with Crippen LogP contribution < -0.4 is 0 Å². The van der Waals surface area contributed by atoms with Crippen molar-refractivity contribution in [1.82, 2.24) is 0 Å². The van der Waals surface area contributed by atoms with Crippen LogP contribution in [0, 0.1) is 0 Å². The van der Waals surface area contributed by atoms with E-state index in [1.54, 1.807) is 13.0 Å². The van der Waals surface area contributed by atoms with Crippen molar-refractivity contribution in [3.05, 3.63) is 12.7 Å². The zero-order valence-electron chi connectivity index (χ0n) is 12.4. The van der Waals surface area contributed by atoms with E-state index in [0.717, 1.165) is 19.3 Å². The molecule has 1 saturated heterocycles. The lowest BCUT2D eigenvalue weighted by Gasteiger charge is -2.48. The summed E-state index contributed by atoms with van der Waals surface area (Å²) in [6.07, 6.45) is 5.26. The first-order valence-corrected chi connectivity index (χ1v) is 8.70. The van der Waals surface area contributed by atoms with Gasteiger partial charge in [-0.2, -0.15) is 0 Å². The van der Waals surface area contributed by atoms with Gasteiger partial charge in [-0.1, -0.05) is 37.9 Å². The Morgan fingerprint density at radius 2 is 2.11 bits per heavy atom. The fourth-order valence-corrected chi connectivity index (χ4v) is 3.40. The Morgan fingerprint density at radius 1 is 1.53 bits per heavy atom. The van der Waals surface area contributed by atoms with Crippen LogP contribution in [0.15, 0.2) is 12.7 Å². The van der Waals surface area contributed by atoms with E-state index >= 15 is 0 Å². The number of ether oxygens (including phenoxy) is 1. The lowest BCUT2D eigenvalue weighted by Crippen LogP contribution is -2.53. The second-order valence-electron chi connectivity index (χ2n) is 6.59.